The monoisotopic (exact) mass is 264 g/mol. The van der Waals surface area contributed by atoms with Crippen molar-refractivity contribution in [3.63, 3.8) is 0 Å². The van der Waals surface area contributed by atoms with Crippen LogP contribution < -0.4 is 10.6 Å². The first kappa shape index (κ1) is 15.2. The van der Waals surface area contributed by atoms with E-state index in [4.69, 9.17) is 0 Å². The van der Waals surface area contributed by atoms with Crippen LogP contribution in [-0.2, 0) is 9.53 Å². The normalized spacial score (nSPS) is 10.1. The van der Waals surface area contributed by atoms with Crippen molar-refractivity contribution in [3.05, 3.63) is 29.3 Å². The Morgan fingerprint density at radius 3 is 2.68 bits per heavy atom. The zero-order valence-corrected chi connectivity index (χ0v) is 11.6. The van der Waals surface area contributed by atoms with Crippen LogP contribution in [0.5, 0.6) is 0 Å². The van der Waals surface area contributed by atoms with Crippen molar-refractivity contribution >= 4 is 17.6 Å². The highest BCUT2D eigenvalue weighted by Gasteiger charge is 2.10. The molecule has 0 bridgehead atoms. The molecule has 104 valence electrons. The van der Waals surface area contributed by atoms with Crippen LogP contribution in [0.15, 0.2) is 18.2 Å². The van der Waals surface area contributed by atoms with Crippen LogP contribution in [-0.4, -0.2) is 32.6 Å². The van der Waals surface area contributed by atoms with E-state index in [-0.39, 0.29) is 5.91 Å². The van der Waals surface area contributed by atoms with Gasteiger partial charge in [0.05, 0.1) is 12.7 Å². The summed E-state index contributed by atoms with van der Waals surface area (Å²) in [5.74, 6) is -0.467. The molecule has 0 heterocycles. The molecule has 0 fully saturated rings. The Kier molecular flexibility index (Phi) is 6.02. The lowest BCUT2D eigenvalue weighted by molar-refractivity contribution is -0.116. The van der Waals surface area contributed by atoms with Gasteiger partial charge in [-0.1, -0.05) is 6.07 Å². The maximum Gasteiger partial charge on any atom is 0.337 e. The third kappa shape index (κ3) is 4.71. The summed E-state index contributed by atoms with van der Waals surface area (Å²) in [5, 5.41) is 5.80. The number of anilines is 1. The maximum atomic E-state index is 11.7. The van der Waals surface area contributed by atoms with E-state index in [1.54, 1.807) is 18.2 Å². The van der Waals surface area contributed by atoms with Gasteiger partial charge in [-0.15, -0.1) is 0 Å². The number of methoxy groups -OCH3 is 1. The van der Waals surface area contributed by atoms with Gasteiger partial charge in [0.25, 0.3) is 0 Å². The number of esters is 1. The first-order valence-corrected chi connectivity index (χ1v) is 6.22. The van der Waals surface area contributed by atoms with Crippen LogP contribution in [0.1, 0.15) is 28.8 Å². The van der Waals surface area contributed by atoms with E-state index < -0.39 is 5.97 Å². The van der Waals surface area contributed by atoms with Gasteiger partial charge in [-0.05, 0) is 44.6 Å². The Hall–Kier alpha value is -1.88. The molecule has 0 aliphatic carbocycles. The van der Waals surface area contributed by atoms with E-state index in [0.717, 1.165) is 18.5 Å². The largest absolute Gasteiger partial charge is 0.465 e. The predicted octanol–water partition coefficient (Wildman–Crippen LogP) is 1.72. The molecule has 2 N–H and O–H groups in total. The molecule has 0 aliphatic heterocycles. The molecule has 1 rings (SSSR count). The van der Waals surface area contributed by atoms with Crippen molar-refractivity contribution in [2.24, 2.45) is 0 Å². The highest BCUT2D eigenvalue weighted by Crippen LogP contribution is 2.17. The molecule has 0 saturated carbocycles. The molecule has 19 heavy (non-hydrogen) atoms. The summed E-state index contributed by atoms with van der Waals surface area (Å²) < 4.78 is 4.66. The molecule has 0 unspecified atom stereocenters. The molecular weight excluding hydrogens is 244 g/mol. The molecule has 0 radical (unpaired) electrons. The number of nitrogens with one attached hydrogen (secondary N) is 2. The average Bonchev–Trinajstić information content (AvgIpc) is 2.40. The lowest BCUT2D eigenvalue weighted by atomic mass is 10.1. The van der Waals surface area contributed by atoms with Crippen LogP contribution >= 0.6 is 0 Å². The average molecular weight is 264 g/mol. The maximum absolute atomic E-state index is 11.7. The quantitative estimate of drug-likeness (QED) is 0.606. The van der Waals surface area contributed by atoms with Crippen LogP contribution in [0, 0.1) is 6.92 Å². The molecule has 0 aromatic heterocycles. The Morgan fingerprint density at radius 1 is 1.32 bits per heavy atom. The number of rotatable bonds is 6. The summed E-state index contributed by atoms with van der Waals surface area (Å²) in [6.45, 7) is 2.68. The zero-order valence-electron chi connectivity index (χ0n) is 11.6. The number of amides is 1. The van der Waals surface area contributed by atoms with E-state index in [0.29, 0.717) is 17.7 Å². The Bertz CT molecular complexity index is 458. The van der Waals surface area contributed by atoms with Gasteiger partial charge in [-0.3, -0.25) is 4.79 Å². The summed E-state index contributed by atoms with van der Waals surface area (Å²) in [4.78, 5) is 23.2. The number of aryl methyl sites for hydroxylation is 1. The number of carbonyl (C=O) groups excluding carboxylic acids is 2. The van der Waals surface area contributed by atoms with Gasteiger partial charge < -0.3 is 15.4 Å². The first-order chi connectivity index (χ1) is 9.08. The van der Waals surface area contributed by atoms with Gasteiger partial charge in [-0.2, -0.15) is 0 Å². The molecule has 0 aliphatic rings. The first-order valence-electron chi connectivity index (χ1n) is 6.22. The third-order valence-corrected chi connectivity index (χ3v) is 2.76. The number of ether oxygens (including phenoxy) is 1. The summed E-state index contributed by atoms with van der Waals surface area (Å²) in [5.41, 5.74) is 1.99. The minimum atomic E-state index is -0.411. The van der Waals surface area contributed by atoms with Crippen LogP contribution in [0.2, 0.25) is 0 Å². The minimum absolute atomic E-state index is 0.0552. The Labute approximate surface area is 113 Å². The summed E-state index contributed by atoms with van der Waals surface area (Å²) in [6, 6.07) is 5.10. The standard InChI is InChI=1S/C14H20N2O3/c1-10-6-7-11(14(18)19-3)9-12(10)16-13(17)5-4-8-15-2/h6-7,9,15H,4-5,8H2,1-3H3,(H,16,17). The smallest absolute Gasteiger partial charge is 0.337 e. The van der Waals surface area contributed by atoms with Crippen molar-refractivity contribution in [2.45, 2.75) is 19.8 Å². The van der Waals surface area contributed by atoms with E-state index in [2.05, 4.69) is 15.4 Å². The lowest BCUT2D eigenvalue weighted by Crippen LogP contribution is -2.16. The number of hydrogen-bond donors (Lipinski definition) is 2. The minimum Gasteiger partial charge on any atom is -0.465 e. The van der Waals surface area contributed by atoms with Crippen molar-refractivity contribution in [3.8, 4) is 0 Å². The number of carbonyl (C=O) groups is 2. The van der Waals surface area contributed by atoms with Crippen LogP contribution in [0.4, 0.5) is 5.69 Å². The van der Waals surface area contributed by atoms with Crippen molar-refractivity contribution in [1.29, 1.82) is 0 Å². The van der Waals surface area contributed by atoms with Gasteiger partial charge in [0.15, 0.2) is 0 Å². The number of hydrogen-bond acceptors (Lipinski definition) is 4. The fraction of sp³-hybridized carbons (Fsp3) is 0.429. The molecule has 1 aromatic carbocycles. The summed E-state index contributed by atoms with van der Waals surface area (Å²) in [7, 11) is 3.18. The van der Waals surface area contributed by atoms with Crippen LogP contribution in [0.25, 0.3) is 0 Å². The molecule has 0 atom stereocenters. The molecule has 5 heteroatoms. The third-order valence-electron chi connectivity index (χ3n) is 2.76. The molecule has 1 amide bonds. The molecular formula is C14H20N2O3. The summed E-state index contributed by atoms with van der Waals surface area (Å²) >= 11 is 0. The van der Waals surface area contributed by atoms with Gasteiger partial charge in [0.2, 0.25) is 5.91 Å². The van der Waals surface area contributed by atoms with E-state index >= 15 is 0 Å². The SMILES string of the molecule is CNCCCC(=O)Nc1cc(C(=O)OC)ccc1C. The van der Waals surface area contributed by atoms with E-state index in [1.165, 1.54) is 7.11 Å². The highest BCUT2D eigenvalue weighted by atomic mass is 16.5. The predicted molar refractivity (Wildman–Crippen MR) is 74.3 cm³/mol. The van der Waals surface area contributed by atoms with Crippen LogP contribution in [0.3, 0.4) is 0 Å². The lowest BCUT2D eigenvalue weighted by Gasteiger charge is -2.10. The van der Waals surface area contributed by atoms with E-state index in [1.807, 2.05) is 14.0 Å². The van der Waals surface area contributed by atoms with Gasteiger partial charge in [0, 0.05) is 12.1 Å². The Balaban J connectivity index is 2.71. The van der Waals surface area contributed by atoms with Crippen molar-refractivity contribution in [1.82, 2.24) is 5.32 Å². The van der Waals surface area contributed by atoms with Gasteiger partial charge in [-0.25, -0.2) is 4.79 Å². The summed E-state index contributed by atoms with van der Waals surface area (Å²) in [6.07, 6.45) is 1.22. The second-order valence-electron chi connectivity index (χ2n) is 4.28. The highest BCUT2D eigenvalue weighted by molar-refractivity contribution is 5.95. The Morgan fingerprint density at radius 2 is 2.05 bits per heavy atom. The zero-order chi connectivity index (χ0) is 14.3. The molecule has 5 nitrogen and oxygen atoms in total. The second kappa shape index (κ2) is 7.53. The fourth-order valence-corrected chi connectivity index (χ4v) is 1.64. The van der Waals surface area contributed by atoms with Gasteiger partial charge in [0.1, 0.15) is 0 Å². The molecule has 0 spiro atoms. The van der Waals surface area contributed by atoms with Gasteiger partial charge >= 0.3 is 5.97 Å². The molecule has 1 aromatic rings. The van der Waals surface area contributed by atoms with Crippen molar-refractivity contribution < 1.29 is 14.3 Å². The van der Waals surface area contributed by atoms with E-state index in [9.17, 15) is 9.59 Å². The fourth-order valence-electron chi connectivity index (χ4n) is 1.64. The second-order valence-corrected chi connectivity index (χ2v) is 4.28. The molecule has 0 saturated heterocycles. The number of benzene rings is 1. The van der Waals surface area contributed by atoms with Crippen molar-refractivity contribution in [2.75, 3.05) is 26.0 Å². The topological polar surface area (TPSA) is 67.4 Å².